The smallest absolute Gasteiger partial charge is 0.178 e. The van der Waals surface area contributed by atoms with Crippen LogP contribution < -0.4 is 0 Å². The van der Waals surface area contributed by atoms with Gasteiger partial charge in [0.25, 0.3) is 0 Å². The minimum Gasteiger partial charge on any atom is -0.236 e. The van der Waals surface area contributed by atoms with E-state index in [1.54, 1.807) is 0 Å². The molecule has 1 aliphatic carbocycles. The summed E-state index contributed by atoms with van der Waals surface area (Å²) in [5.74, 6) is 7.61. The molecule has 1 saturated carbocycles. The molecule has 0 radical (unpaired) electrons. The van der Waals surface area contributed by atoms with Gasteiger partial charge in [0.2, 0.25) is 0 Å². The van der Waals surface area contributed by atoms with E-state index in [9.17, 15) is 0 Å². The number of rotatable bonds is 3. The number of allylic oxidation sites excluding steroid dienone is 1. The highest BCUT2D eigenvalue weighted by Crippen LogP contribution is 2.27. The molecule has 1 fully saturated rings. The minimum absolute atomic E-state index is 0.576. The summed E-state index contributed by atoms with van der Waals surface area (Å²) in [5.41, 5.74) is 3.67. The number of pyridine rings is 1. The highest BCUT2D eigenvalue weighted by Gasteiger charge is 2.17. The number of hydrogen-bond acceptors (Lipinski definition) is 3. The Morgan fingerprint density at radius 1 is 1.27 bits per heavy atom. The van der Waals surface area contributed by atoms with Crippen molar-refractivity contribution in [3.05, 3.63) is 47.4 Å². The lowest BCUT2D eigenvalue weighted by atomic mass is 10.1. The summed E-state index contributed by atoms with van der Waals surface area (Å²) in [5, 5.41) is 0. The van der Waals surface area contributed by atoms with Crippen molar-refractivity contribution in [3.63, 3.8) is 0 Å². The molecule has 0 N–H and O–H groups in total. The number of aryl methyl sites for hydroxylation is 1. The second kappa shape index (κ2) is 6.53. The molecule has 2 aromatic rings. The third-order valence-corrected chi connectivity index (χ3v) is 3.56. The second-order valence-electron chi connectivity index (χ2n) is 5.41. The third-order valence-electron chi connectivity index (χ3n) is 3.56. The van der Waals surface area contributed by atoms with Gasteiger partial charge < -0.3 is 0 Å². The maximum Gasteiger partial charge on any atom is 0.178 e. The Balaban J connectivity index is 1.95. The first kappa shape index (κ1) is 14.5. The van der Waals surface area contributed by atoms with Crippen molar-refractivity contribution < 1.29 is 0 Å². The van der Waals surface area contributed by atoms with Crippen molar-refractivity contribution in [1.82, 2.24) is 15.0 Å². The average molecular weight is 289 g/mol. The van der Waals surface area contributed by atoms with E-state index in [1.807, 2.05) is 43.5 Å². The molecule has 0 aliphatic heterocycles. The summed E-state index contributed by atoms with van der Waals surface area (Å²) in [6.07, 6.45) is 9.27. The standard InChI is InChI=1S/C19H19N3/c1-3-6-17-15(4-2)13-20-19(22-17)18-8-5-7-16(21-18)12-11-14-9-10-14/h3,5-8,13-14H,4,9-10H2,1-2H3/b6-3-. The van der Waals surface area contributed by atoms with Crippen molar-refractivity contribution in [2.45, 2.75) is 33.1 Å². The van der Waals surface area contributed by atoms with Crippen molar-refractivity contribution in [3.8, 4) is 23.4 Å². The molecule has 0 unspecified atom stereocenters. The van der Waals surface area contributed by atoms with Gasteiger partial charge in [0, 0.05) is 12.1 Å². The Labute approximate surface area is 131 Å². The molecule has 0 amide bonds. The predicted octanol–water partition coefficient (Wildman–Crippen LogP) is 3.90. The lowest BCUT2D eigenvalue weighted by Crippen LogP contribution is -1.99. The number of hydrogen-bond donors (Lipinski definition) is 0. The Kier molecular flexibility index (Phi) is 4.29. The van der Waals surface area contributed by atoms with E-state index < -0.39 is 0 Å². The highest BCUT2D eigenvalue weighted by atomic mass is 14.9. The Morgan fingerprint density at radius 2 is 2.14 bits per heavy atom. The summed E-state index contributed by atoms with van der Waals surface area (Å²) in [6.45, 7) is 4.10. The fourth-order valence-corrected chi connectivity index (χ4v) is 2.15. The largest absolute Gasteiger partial charge is 0.236 e. The van der Waals surface area contributed by atoms with E-state index in [-0.39, 0.29) is 0 Å². The lowest BCUT2D eigenvalue weighted by molar-refractivity contribution is 1.03. The minimum atomic E-state index is 0.576. The van der Waals surface area contributed by atoms with Gasteiger partial charge in [-0.2, -0.15) is 0 Å². The fraction of sp³-hybridized carbons (Fsp3) is 0.316. The van der Waals surface area contributed by atoms with E-state index in [4.69, 9.17) is 0 Å². The van der Waals surface area contributed by atoms with Crippen LogP contribution in [0.25, 0.3) is 17.6 Å². The molecule has 3 rings (SSSR count). The Bertz CT molecular complexity index is 762. The van der Waals surface area contributed by atoms with Crippen molar-refractivity contribution in [1.29, 1.82) is 0 Å². The highest BCUT2D eigenvalue weighted by molar-refractivity contribution is 5.56. The molecule has 3 nitrogen and oxygen atoms in total. The van der Waals surface area contributed by atoms with E-state index in [0.717, 1.165) is 29.1 Å². The maximum absolute atomic E-state index is 4.64. The molecule has 0 saturated heterocycles. The monoisotopic (exact) mass is 289 g/mol. The van der Waals surface area contributed by atoms with E-state index in [1.165, 1.54) is 12.8 Å². The summed E-state index contributed by atoms with van der Waals surface area (Å²) in [6, 6.07) is 5.83. The van der Waals surface area contributed by atoms with Crippen LogP contribution in [0, 0.1) is 17.8 Å². The summed E-state index contributed by atoms with van der Waals surface area (Å²) in [4.78, 5) is 13.7. The number of nitrogens with zero attached hydrogens (tertiary/aromatic N) is 3. The normalized spacial score (nSPS) is 13.9. The SMILES string of the molecule is C/C=C\c1nc(-c2cccc(C#CC3CC3)n2)ncc1CC. The van der Waals surface area contributed by atoms with Crippen LogP contribution in [0.5, 0.6) is 0 Å². The molecule has 0 spiro atoms. The van der Waals surface area contributed by atoms with Crippen LogP contribution in [-0.4, -0.2) is 15.0 Å². The maximum atomic E-state index is 4.64. The van der Waals surface area contributed by atoms with Gasteiger partial charge in [-0.15, -0.1) is 0 Å². The molecular weight excluding hydrogens is 270 g/mol. The Morgan fingerprint density at radius 3 is 2.86 bits per heavy atom. The second-order valence-corrected chi connectivity index (χ2v) is 5.41. The van der Waals surface area contributed by atoms with Crippen LogP contribution in [-0.2, 0) is 6.42 Å². The zero-order valence-electron chi connectivity index (χ0n) is 13.0. The molecule has 1 aliphatic rings. The van der Waals surface area contributed by atoms with Gasteiger partial charge >= 0.3 is 0 Å². The van der Waals surface area contributed by atoms with Crippen LogP contribution >= 0.6 is 0 Å². The zero-order valence-corrected chi connectivity index (χ0v) is 13.0. The molecule has 22 heavy (non-hydrogen) atoms. The van der Waals surface area contributed by atoms with Gasteiger partial charge in [-0.05, 0) is 55.9 Å². The van der Waals surface area contributed by atoms with Crippen molar-refractivity contribution in [2.24, 2.45) is 5.92 Å². The van der Waals surface area contributed by atoms with Gasteiger partial charge in [-0.3, -0.25) is 0 Å². The summed E-state index contributed by atoms with van der Waals surface area (Å²) in [7, 11) is 0. The lowest BCUT2D eigenvalue weighted by Gasteiger charge is -2.05. The number of aromatic nitrogens is 3. The first-order valence-electron chi connectivity index (χ1n) is 7.77. The first-order valence-corrected chi connectivity index (χ1v) is 7.77. The van der Waals surface area contributed by atoms with Crippen LogP contribution in [0.3, 0.4) is 0 Å². The van der Waals surface area contributed by atoms with Crippen molar-refractivity contribution in [2.75, 3.05) is 0 Å². The molecule has 2 heterocycles. The molecule has 0 aromatic carbocycles. The first-order chi connectivity index (χ1) is 10.8. The van der Waals surface area contributed by atoms with Gasteiger partial charge in [0.15, 0.2) is 5.82 Å². The molecular formula is C19H19N3. The van der Waals surface area contributed by atoms with Crippen LogP contribution in [0.15, 0.2) is 30.5 Å². The molecule has 0 bridgehead atoms. The topological polar surface area (TPSA) is 38.7 Å². The van der Waals surface area contributed by atoms with Crippen LogP contribution in [0.4, 0.5) is 0 Å². The van der Waals surface area contributed by atoms with Gasteiger partial charge in [-0.1, -0.05) is 25.0 Å². The molecule has 110 valence electrons. The predicted molar refractivity (Wildman–Crippen MR) is 89.0 cm³/mol. The average Bonchev–Trinajstić information content (AvgIpc) is 3.38. The quantitative estimate of drug-likeness (QED) is 0.804. The van der Waals surface area contributed by atoms with Crippen molar-refractivity contribution >= 4 is 6.08 Å². The van der Waals surface area contributed by atoms with Gasteiger partial charge in [0.1, 0.15) is 11.4 Å². The van der Waals surface area contributed by atoms with Crippen LogP contribution in [0.2, 0.25) is 0 Å². The van der Waals surface area contributed by atoms with E-state index in [0.29, 0.717) is 11.7 Å². The molecule has 2 aromatic heterocycles. The summed E-state index contributed by atoms with van der Waals surface area (Å²) >= 11 is 0. The Hall–Kier alpha value is -2.47. The van der Waals surface area contributed by atoms with Gasteiger partial charge in [0.05, 0.1) is 5.69 Å². The molecule has 0 atom stereocenters. The van der Waals surface area contributed by atoms with Crippen LogP contribution in [0.1, 0.15) is 43.6 Å². The van der Waals surface area contributed by atoms with Gasteiger partial charge in [-0.25, -0.2) is 15.0 Å². The molecule has 3 heteroatoms. The zero-order chi connectivity index (χ0) is 15.4. The van der Waals surface area contributed by atoms with E-state index in [2.05, 4.69) is 33.7 Å². The fourth-order valence-electron chi connectivity index (χ4n) is 2.15. The summed E-state index contributed by atoms with van der Waals surface area (Å²) < 4.78 is 0. The third kappa shape index (κ3) is 3.40. The van der Waals surface area contributed by atoms with E-state index >= 15 is 0 Å².